The lowest BCUT2D eigenvalue weighted by Crippen LogP contribution is -2.18. The van der Waals surface area contributed by atoms with Gasteiger partial charge in [0.15, 0.2) is 18.0 Å². The highest BCUT2D eigenvalue weighted by atomic mass is 35.5. The van der Waals surface area contributed by atoms with E-state index in [1.54, 1.807) is 0 Å². The molecule has 2 atom stereocenters. The van der Waals surface area contributed by atoms with Crippen LogP contribution in [0.4, 0.5) is 0 Å². The maximum Gasteiger partial charge on any atom is 0.173 e. The van der Waals surface area contributed by atoms with Gasteiger partial charge >= 0.3 is 0 Å². The number of halogens is 1. The number of aromatic nitrogens is 2. The maximum absolute atomic E-state index is 9.24. The van der Waals surface area contributed by atoms with Gasteiger partial charge in [0.05, 0.1) is 11.1 Å². The van der Waals surface area contributed by atoms with E-state index in [1.807, 2.05) is 0 Å². The average Bonchev–Trinajstić information content (AvgIpc) is 2.17. The molecule has 2 unspecified atom stereocenters. The minimum atomic E-state index is -1.53. The molecule has 1 aromatic rings. The summed E-state index contributed by atoms with van der Waals surface area (Å²) in [6, 6.07) is 1.47. The highest BCUT2D eigenvalue weighted by Gasteiger charge is 2.19. The maximum atomic E-state index is 9.24. The van der Waals surface area contributed by atoms with Gasteiger partial charge in [0, 0.05) is 12.4 Å². The molecule has 0 fully saturated rings. The molecule has 13 heavy (non-hydrogen) atoms. The number of hydrogen-bond donors (Lipinski definition) is 2. The van der Waals surface area contributed by atoms with Crippen molar-refractivity contribution in [3.05, 3.63) is 23.2 Å². The van der Waals surface area contributed by atoms with E-state index in [0.29, 0.717) is 5.02 Å². The Bertz CT molecular complexity index is 322. The van der Waals surface area contributed by atoms with E-state index in [-0.39, 0.29) is 5.82 Å². The molecule has 0 bridgehead atoms. The highest BCUT2D eigenvalue weighted by Crippen LogP contribution is 2.12. The van der Waals surface area contributed by atoms with Crippen LogP contribution in [0.1, 0.15) is 11.9 Å². The molecule has 5 nitrogen and oxygen atoms in total. The second-order valence-corrected chi connectivity index (χ2v) is 2.71. The van der Waals surface area contributed by atoms with Crippen molar-refractivity contribution >= 4 is 11.6 Å². The SMILES string of the molecule is N#CC(O)C(O)c1ncc(Cl)cn1. The van der Waals surface area contributed by atoms with Crippen molar-refractivity contribution < 1.29 is 10.2 Å². The monoisotopic (exact) mass is 199 g/mol. The van der Waals surface area contributed by atoms with Gasteiger partial charge < -0.3 is 10.2 Å². The molecule has 6 heteroatoms. The van der Waals surface area contributed by atoms with Crippen LogP contribution in [-0.2, 0) is 0 Å². The van der Waals surface area contributed by atoms with E-state index < -0.39 is 12.2 Å². The number of nitriles is 1. The van der Waals surface area contributed by atoms with Gasteiger partial charge in [-0.1, -0.05) is 11.6 Å². The van der Waals surface area contributed by atoms with E-state index in [0.717, 1.165) is 0 Å². The lowest BCUT2D eigenvalue weighted by atomic mass is 10.2. The molecule has 0 aliphatic heterocycles. The zero-order chi connectivity index (χ0) is 9.84. The summed E-state index contributed by atoms with van der Waals surface area (Å²) in [6.07, 6.45) is -0.377. The summed E-state index contributed by atoms with van der Waals surface area (Å²) in [5.41, 5.74) is 0. The summed E-state index contributed by atoms with van der Waals surface area (Å²) < 4.78 is 0. The van der Waals surface area contributed by atoms with Crippen LogP contribution in [0.25, 0.3) is 0 Å². The molecule has 0 amide bonds. The standard InChI is InChI=1S/C7H6ClN3O2/c8-4-2-10-7(11-3-4)6(13)5(12)1-9/h2-3,5-6,12-13H. The molecular formula is C7H6ClN3O2. The molecule has 1 aromatic heterocycles. The topological polar surface area (TPSA) is 90.0 Å². The molecule has 0 saturated carbocycles. The van der Waals surface area contributed by atoms with Crippen molar-refractivity contribution in [3.8, 4) is 6.07 Å². The third kappa shape index (κ3) is 2.36. The Hall–Kier alpha value is -1.22. The first-order valence-corrected chi connectivity index (χ1v) is 3.76. The molecule has 0 aromatic carbocycles. The van der Waals surface area contributed by atoms with Crippen LogP contribution in [0.5, 0.6) is 0 Å². The largest absolute Gasteiger partial charge is 0.381 e. The van der Waals surface area contributed by atoms with Crippen LogP contribution in [-0.4, -0.2) is 26.3 Å². The van der Waals surface area contributed by atoms with Crippen LogP contribution in [0, 0.1) is 11.3 Å². The molecule has 0 aliphatic carbocycles. The van der Waals surface area contributed by atoms with Crippen LogP contribution in [0.3, 0.4) is 0 Å². The Morgan fingerprint density at radius 1 is 1.38 bits per heavy atom. The van der Waals surface area contributed by atoms with Gasteiger partial charge in [-0.2, -0.15) is 5.26 Å². The third-order valence-corrected chi connectivity index (χ3v) is 1.53. The van der Waals surface area contributed by atoms with E-state index in [1.165, 1.54) is 18.5 Å². The Morgan fingerprint density at radius 2 is 1.92 bits per heavy atom. The number of aliphatic hydroxyl groups excluding tert-OH is 2. The van der Waals surface area contributed by atoms with Crippen molar-refractivity contribution in [2.75, 3.05) is 0 Å². The van der Waals surface area contributed by atoms with Crippen LogP contribution < -0.4 is 0 Å². The van der Waals surface area contributed by atoms with E-state index in [2.05, 4.69) is 9.97 Å². The van der Waals surface area contributed by atoms with Crippen molar-refractivity contribution in [1.82, 2.24) is 9.97 Å². The van der Waals surface area contributed by atoms with E-state index >= 15 is 0 Å². The highest BCUT2D eigenvalue weighted by molar-refractivity contribution is 6.30. The van der Waals surface area contributed by atoms with Gasteiger partial charge in [-0.15, -0.1) is 0 Å². The summed E-state index contributed by atoms with van der Waals surface area (Å²) in [4.78, 5) is 7.29. The Labute approximate surface area is 79.2 Å². The number of nitrogens with zero attached hydrogens (tertiary/aromatic N) is 3. The van der Waals surface area contributed by atoms with Gasteiger partial charge in [0.1, 0.15) is 0 Å². The zero-order valence-corrected chi connectivity index (χ0v) is 7.18. The second-order valence-electron chi connectivity index (χ2n) is 2.28. The first kappa shape index (κ1) is 9.86. The van der Waals surface area contributed by atoms with Crippen LogP contribution in [0.15, 0.2) is 12.4 Å². The molecule has 2 N–H and O–H groups in total. The summed E-state index contributed by atoms with van der Waals surface area (Å²) >= 11 is 5.50. The van der Waals surface area contributed by atoms with Crippen molar-refractivity contribution in [2.24, 2.45) is 0 Å². The zero-order valence-electron chi connectivity index (χ0n) is 6.42. The minimum absolute atomic E-state index is 0.0292. The van der Waals surface area contributed by atoms with Crippen molar-refractivity contribution in [1.29, 1.82) is 5.26 Å². The van der Waals surface area contributed by atoms with Crippen molar-refractivity contribution in [3.63, 3.8) is 0 Å². The van der Waals surface area contributed by atoms with Crippen LogP contribution in [0.2, 0.25) is 5.02 Å². The average molecular weight is 200 g/mol. The number of hydrogen-bond acceptors (Lipinski definition) is 5. The number of aliphatic hydroxyl groups is 2. The first-order chi connectivity index (χ1) is 6.15. The Balaban J connectivity index is 2.84. The van der Waals surface area contributed by atoms with E-state index in [9.17, 15) is 5.11 Å². The summed E-state index contributed by atoms with van der Waals surface area (Å²) in [6.45, 7) is 0. The molecule has 68 valence electrons. The second kappa shape index (κ2) is 4.14. The Kier molecular flexibility index (Phi) is 3.14. The fourth-order valence-corrected chi connectivity index (χ4v) is 0.784. The third-order valence-electron chi connectivity index (χ3n) is 1.34. The first-order valence-electron chi connectivity index (χ1n) is 3.38. The van der Waals surface area contributed by atoms with Gasteiger partial charge in [-0.3, -0.25) is 0 Å². The van der Waals surface area contributed by atoms with Crippen LogP contribution >= 0.6 is 11.6 Å². The predicted molar refractivity (Wildman–Crippen MR) is 43.6 cm³/mol. The molecule has 0 saturated heterocycles. The molecule has 1 heterocycles. The fraction of sp³-hybridized carbons (Fsp3) is 0.286. The summed E-state index contributed by atoms with van der Waals surface area (Å²) in [5, 5.41) is 26.8. The molecule has 0 aliphatic rings. The molecule has 0 radical (unpaired) electrons. The van der Waals surface area contributed by atoms with E-state index in [4.69, 9.17) is 22.0 Å². The lowest BCUT2D eigenvalue weighted by molar-refractivity contribution is 0.0467. The number of rotatable bonds is 2. The molecular weight excluding hydrogens is 194 g/mol. The minimum Gasteiger partial charge on any atom is -0.381 e. The lowest BCUT2D eigenvalue weighted by Gasteiger charge is -2.08. The van der Waals surface area contributed by atoms with Gasteiger partial charge in [-0.25, -0.2) is 9.97 Å². The van der Waals surface area contributed by atoms with Crippen molar-refractivity contribution in [2.45, 2.75) is 12.2 Å². The normalized spacial score (nSPS) is 14.6. The molecule has 0 spiro atoms. The summed E-state index contributed by atoms with van der Waals surface area (Å²) in [7, 11) is 0. The summed E-state index contributed by atoms with van der Waals surface area (Å²) in [5.74, 6) is -0.0292. The van der Waals surface area contributed by atoms with Gasteiger partial charge in [0.25, 0.3) is 0 Å². The quantitative estimate of drug-likeness (QED) is 0.657. The smallest absolute Gasteiger partial charge is 0.173 e. The van der Waals surface area contributed by atoms with Gasteiger partial charge in [0.2, 0.25) is 0 Å². The Morgan fingerprint density at radius 3 is 2.38 bits per heavy atom. The van der Waals surface area contributed by atoms with Gasteiger partial charge in [-0.05, 0) is 0 Å². The predicted octanol–water partition coefficient (Wildman–Crippen LogP) is 0.0479. The molecule has 1 rings (SSSR count). The fourth-order valence-electron chi connectivity index (χ4n) is 0.687.